The number of aromatic nitrogens is 7. The Kier molecular flexibility index (Phi) is 31.8. The van der Waals surface area contributed by atoms with Crippen molar-refractivity contribution < 1.29 is 150 Å². The van der Waals surface area contributed by atoms with Gasteiger partial charge in [0, 0.05) is 170 Å². The molecule has 1 aliphatic heterocycles. The molecule has 12 nitrogen and oxygen atoms in total. The average molecular weight is 2590 g/mol. The molecule has 1 unspecified atom stereocenters. The molecule has 0 saturated heterocycles. The monoisotopic (exact) mass is 2600 g/mol. The first-order valence-corrected chi connectivity index (χ1v) is 40.8. The molecule has 11 heterocycles. The van der Waals surface area contributed by atoms with E-state index in [2.05, 4.69) is 110 Å². The fourth-order valence-electron chi connectivity index (χ4n) is 12.4. The van der Waals surface area contributed by atoms with Crippen molar-refractivity contribution in [2.24, 2.45) is 0 Å². The summed E-state index contributed by atoms with van der Waals surface area (Å²) in [5, 5.41) is 9.42. The van der Waals surface area contributed by atoms with Crippen LogP contribution in [0.3, 0.4) is 0 Å². The molecule has 0 N–H and O–H groups in total. The van der Waals surface area contributed by atoms with Crippen molar-refractivity contribution in [1.29, 1.82) is 0 Å². The number of benzene rings is 9. The van der Waals surface area contributed by atoms with Crippen LogP contribution in [0.2, 0.25) is 0 Å². The van der Waals surface area contributed by atoms with Crippen molar-refractivity contribution in [3.63, 3.8) is 0 Å². The van der Waals surface area contributed by atoms with Gasteiger partial charge in [0.25, 0.3) is 0 Å². The van der Waals surface area contributed by atoms with Crippen molar-refractivity contribution in [3.05, 3.63) is 513 Å². The normalized spacial score (nSPS) is 15.2. The van der Waals surface area contributed by atoms with Gasteiger partial charge in [0.2, 0.25) is 0 Å². The molecule has 1 atom stereocenters. The number of furan rings is 3. The standard InChI is InChI=1S/C18H12NO.C18H16NO.C18H14NO.C18H15NO.2C12H10N.C12H14N.C6H5.C5H5N.5CH4.4Ir/c1-12-6-9-16(19-11-12)13-7-8-15-14-4-2-3-5-17(14)20-18(15)10-13;2*1-12-8-9-16(19-11-12)13(2)10-18-14(3)15-6-4-5-7-17(15)20-18;1-12(2)11-19-13(3)14-8-9-16-15-6-4-5-7-17(15)20-18(16)10-14;1-10-7-8-13-12(9-10)11-5-3-2-4-6-11;1-10-7-8-12(13-9-10)11-5-3-2-4-6-11;1-4-5-6-11(3)12-9-10(2)7-8-13-12;2*1-2-4-6-5-3-1;;;;;;;;;/h2-6,8-11H,1H3;2,4-9,11,18H,3,10H2,1H3;2,4-11H,3H2,1H3;4-7,9-10H,1,3,11H2,2H3;2*2-5,7-9H,1H3;4,6-9H,1,3,5H2,2H3;2*1-5H;5*1H4;;;;/q3*-1;-2;4*-1;;;;;;;;;;+3/b;;18-10+;;;;;;;;;;;;;;;/i1D3,6D,9D;2*1D3,8D,9D;1D,2D3,3D;;1D3;;;;5*1D3;;;;. The summed E-state index contributed by atoms with van der Waals surface area (Å²) in [6.07, 6.45) is 17.9. The second kappa shape index (κ2) is 62.2. The number of fused-ring (bicyclic) bond motifs is 8. The van der Waals surface area contributed by atoms with Crippen LogP contribution in [-0.4, -0.2) is 47.5 Å². The van der Waals surface area contributed by atoms with Crippen LogP contribution in [0.15, 0.2) is 398 Å². The van der Waals surface area contributed by atoms with Gasteiger partial charge < -0.3 is 53.2 Å². The van der Waals surface area contributed by atoms with E-state index < -0.39 is 77.1 Å². The van der Waals surface area contributed by atoms with Gasteiger partial charge in [0.05, 0.1) is 24.8 Å². The largest absolute Gasteiger partial charge is 3.00 e. The summed E-state index contributed by atoms with van der Waals surface area (Å²) in [6.45, 7) is 21.6. The molecule has 3 radical (unpaired) electrons. The third-order valence-corrected chi connectivity index (χ3v) is 19.0. The van der Waals surface area contributed by atoms with E-state index in [0.29, 0.717) is 38.5 Å². The molecular weight excluding hydrogens is 2430 g/mol. The van der Waals surface area contributed by atoms with Crippen LogP contribution in [0, 0.1) is 91.2 Å². The van der Waals surface area contributed by atoms with Gasteiger partial charge in [-0.3, -0.25) is 11.6 Å². The Balaban J connectivity index is 0.000000512. The molecule has 16 heteroatoms. The Morgan fingerprint density at radius 1 is 0.500 bits per heavy atom. The van der Waals surface area contributed by atoms with Crippen LogP contribution in [0.4, 0.5) is 0 Å². The average Bonchev–Trinajstić information content (AvgIpc) is 1.61. The number of nitrogens with zero attached hydrogens (tertiary/aromatic N) is 8. The number of hydrogen-bond donors (Lipinski definition) is 0. The van der Waals surface area contributed by atoms with E-state index in [1.165, 1.54) is 23.4 Å². The fourth-order valence-corrected chi connectivity index (χ4v) is 12.4. The maximum absolute atomic E-state index is 8.12. The van der Waals surface area contributed by atoms with Crippen molar-refractivity contribution in [2.75, 3.05) is 6.54 Å². The number of ether oxygens (including phenoxy) is 1. The van der Waals surface area contributed by atoms with Crippen LogP contribution >= 0.6 is 0 Å². The minimum atomic E-state index is -2.50. The third kappa shape index (κ3) is 35.9. The first kappa shape index (κ1) is 71.6. The van der Waals surface area contributed by atoms with Gasteiger partial charge in [-0.25, -0.2) is 12.3 Å². The predicted molar refractivity (Wildman–Crippen MR) is 575 cm³/mol. The Labute approximate surface area is 937 Å². The quantitative estimate of drug-likeness (QED) is 0.0671. The van der Waals surface area contributed by atoms with Gasteiger partial charge >= 0.3 is 20.1 Å². The first-order chi connectivity index (χ1) is 82.0. The van der Waals surface area contributed by atoms with Crippen LogP contribution in [0.25, 0.3) is 135 Å². The minimum absolute atomic E-state index is 0. The molecule has 10 aromatic heterocycles. The first-order valence-electron chi connectivity index (χ1n) is 61.1. The number of hydrogen-bond acceptors (Lipinski definition) is 11. The summed E-state index contributed by atoms with van der Waals surface area (Å²) in [7, 11) is -7.08. The molecule has 19 aromatic rings. The minimum Gasteiger partial charge on any atom is -0.725 e. The van der Waals surface area contributed by atoms with Crippen molar-refractivity contribution >= 4 is 95.5 Å². The molecule has 0 fully saturated rings. The van der Waals surface area contributed by atoms with E-state index in [1.807, 2.05) is 226 Å². The Hall–Kier alpha value is -13.8. The van der Waals surface area contributed by atoms with Gasteiger partial charge in [-0.2, -0.15) is 78.2 Å². The van der Waals surface area contributed by atoms with Gasteiger partial charge in [0.1, 0.15) is 28.6 Å². The maximum atomic E-state index is 8.12. The van der Waals surface area contributed by atoms with E-state index in [0.717, 1.165) is 127 Å². The van der Waals surface area contributed by atoms with Crippen LogP contribution in [-0.2, 0) is 80.4 Å². The number of pyridine rings is 7. The number of allylic oxidation sites excluding steroid dienone is 3. The van der Waals surface area contributed by atoms with Crippen LogP contribution in [0.5, 0.6) is 5.75 Å². The summed E-state index contributed by atoms with van der Waals surface area (Å²) in [6, 6.07) is 92.4. The molecule has 20 rings (SSSR count). The Morgan fingerprint density at radius 3 is 1.59 bits per heavy atom. The zero-order valence-electron chi connectivity index (χ0n) is 114. The van der Waals surface area contributed by atoms with E-state index >= 15 is 0 Å². The van der Waals surface area contributed by atoms with Crippen molar-refractivity contribution in [2.45, 2.75) is 104 Å². The van der Waals surface area contributed by atoms with Gasteiger partial charge in [-0.1, -0.05) is 235 Å². The molecule has 140 heavy (non-hydrogen) atoms. The summed E-state index contributed by atoms with van der Waals surface area (Å²) in [5.41, 5.74) is 14.9. The summed E-state index contributed by atoms with van der Waals surface area (Å²) >= 11 is 0. The van der Waals surface area contributed by atoms with Gasteiger partial charge in [-0.15, -0.1) is 139 Å². The zero-order chi connectivity index (χ0) is 129. The third-order valence-electron chi connectivity index (χ3n) is 19.0. The van der Waals surface area contributed by atoms with Crippen LogP contribution < -0.4 is 15.4 Å². The second-order valence-corrected chi connectivity index (χ2v) is 28.7. The topological polar surface area (TPSA) is 153 Å². The molecule has 723 valence electrons. The molecule has 0 bridgehead atoms. The molecule has 0 spiro atoms. The van der Waals surface area contributed by atoms with Crippen molar-refractivity contribution in [3.8, 4) is 39.5 Å². The SMILES string of the molecule is C=CC[CH-]C(=C)c1cc(C)ccn1.Cc1ccnc(-c2[c-]cccc2)c1.[2H]C([2H])([2H])c1ccc(-c2[c-]cccc2)nc1.[2H]C([2H])[2H].[2H]C([2H])[2H].[2H]C([2H])[2H].[2H]C([2H])[2H].[2H]C([2H])[2H].[2H]C=C([N-]CC(=C[2H])C([2H])([2H])[2H])c1[c-]cc2c(c1)oc1ccccc12.[2H]c1c(C([2H])([2H])[2H])cnc(-c2[c-]cc3c(c2)oc2ccccc23)c1[2H].[2H]c1c(C([2H])([2H])[2H])cnc(C(=[CH-])/C=c2/oc3ccccc3c2=C)c1[2H].[2H]c1c(C([2H])([2H])[2H])cnc(C(=[CH-])CC2Oc3ccccc3C2=C)c1[2H].[Ir+3].[Ir].[Ir].[Ir].[c-]1ccccc1.c1ccncc1. The van der Waals surface area contributed by atoms with Crippen LogP contribution in [0.1, 0.15) is 170 Å². The van der Waals surface area contributed by atoms with E-state index in [1.54, 1.807) is 67.1 Å². The maximum Gasteiger partial charge on any atom is 3.00 e. The Bertz CT molecular complexity index is 8510. The summed E-state index contributed by atoms with van der Waals surface area (Å²) in [4.78, 5) is 28.5. The molecular formula is C124H121Ir4N8O4-6. The predicted octanol–water partition coefficient (Wildman–Crippen LogP) is 31.6. The number of para-hydroxylation sites is 4. The van der Waals surface area contributed by atoms with Gasteiger partial charge in [0.15, 0.2) is 0 Å². The fraction of sp³-hybridized carbons (Fsp3) is 0.129. The Morgan fingerprint density at radius 2 is 1.04 bits per heavy atom. The van der Waals surface area contributed by atoms with E-state index in [-0.39, 0.29) is 191 Å². The number of aryl methyl sites for hydroxylation is 6. The van der Waals surface area contributed by atoms with E-state index in [4.69, 9.17) is 83.2 Å². The summed E-state index contributed by atoms with van der Waals surface area (Å²) < 4.78 is 285. The smallest absolute Gasteiger partial charge is 0.725 e. The molecule has 1 aliphatic rings. The second-order valence-electron chi connectivity index (χ2n) is 28.7. The molecule has 0 aliphatic carbocycles. The molecule has 9 aromatic carbocycles. The molecule has 0 amide bonds. The molecule has 0 saturated carbocycles. The van der Waals surface area contributed by atoms with E-state index in [9.17, 15) is 0 Å². The number of rotatable bonds is 16. The van der Waals surface area contributed by atoms with Crippen molar-refractivity contribution in [1.82, 2.24) is 34.9 Å². The zero-order valence-corrected chi connectivity index (χ0v) is 85.4. The summed E-state index contributed by atoms with van der Waals surface area (Å²) in [5.74, 6) is 0.725. The van der Waals surface area contributed by atoms with Gasteiger partial charge in [-0.05, 0) is 170 Å².